The second-order valence-electron chi connectivity index (χ2n) is 7.38. The summed E-state index contributed by atoms with van der Waals surface area (Å²) in [5, 5.41) is 0. The van der Waals surface area contributed by atoms with E-state index in [9.17, 15) is 4.79 Å². The summed E-state index contributed by atoms with van der Waals surface area (Å²) < 4.78 is 6.26. The first-order valence-corrected chi connectivity index (χ1v) is 9.51. The summed E-state index contributed by atoms with van der Waals surface area (Å²) in [5.74, 6) is 1.26. The Bertz CT molecular complexity index is 719. The van der Waals surface area contributed by atoms with Crippen molar-refractivity contribution in [1.82, 2.24) is 14.9 Å². The predicted octanol–water partition coefficient (Wildman–Crippen LogP) is 2.98. The highest BCUT2D eigenvalue weighted by atomic mass is 16.5. The zero-order valence-corrected chi connectivity index (χ0v) is 15.0. The Labute approximate surface area is 154 Å². The van der Waals surface area contributed by atoms with Crippen LogP contribution in [0.5, 0.6) is 0 Å². The number of piperidine rings is 1. The molecule has 136 valence electrons. The molecule has 26 heavy (non-hydrogen) atoms. The van der Waals surface area contributed by atoms with Gasteiger partial charge in [0.25, 0.3) is 5.91 Å². The van der Waals surface area contributed by atoms with Gasteiger partial charge in [-0.25, -0.2) is 9.97 Å². The van der Waals surface area contributed by atoms with Crippen molar-refractivity contribution in [3.05, 3.63) is 60.2 Å². The molecule has 0 bridgehead atoms. The van der Waals surface area contributed by atoms with Gasteiger partial charge in [-0.2, -0.15) is 0 Å². The van der Waals surface area contributed by atoms with Crippen LogP contribution in [-0.4, -0.2) is 46.6 Å². The lowest BCUT2D eigenvalue weighted by Gasteiger charge is -2.38. The van der Waals surface area contributed by atoms with Gasteiger partial charge in [0.1, 0.15) is 0 Å². The minimum absolute atomic E-state index is 0.0793. The summed E-state index contributed by atoms with van der Waals surface area (Å²) in [5.41, 5.74) is 1.29. The van der Waals surface area contributed by atoms with Crippen LogP contribution in [0.2, 0.25) is 0 Å². The number of amides is 1. The molecule has 2 aliphatic rings. The number of carbonyl (C=O) groups excluding carboxylic acids is 1. The summed E-state index contributed by atoms with van der Waals surface area (Å²) in [7, 11) is 0. The highest BCUT2D eigenvalue weighted by molar-refractivity contribution is 5.90. The summed E-state index contributed by atoms with van der Waals surface area (Å²) in [6.07, 6.45) is 7.85. The molecular formula is C21H25N3O2. The van der Waals surface area contributed by atoms with Crippen molar-refractivity contribution in [2.75, 3.05) is 19.7 Å². The number of aromatic nitrogens is 2. The molecule has 2 fully saturated rings. The number of ether oxygens (including phenoxy) is 1. The third-order valence-electron chi connectivity index (χ3n) is 5.29. The van der Waals surface area contributed by atoms with E-state index in [1.807, 2.05) is 11.0 Å². The SMILES string of the molecule is O=C(c1ncccn1)N1CC[C@H](OCC2CC2)[C@H](Cc2ccccc2)C1. The van der Waals surface area contributed by atoms with Crippen LogP contribution < -0.4 is 0 Å². The first kappa shape index (κ1) is 17.2. The summed E-state index contributed by atoms with van der Waals surface area (Å²) in [4.78, 5) is 22.9. The maximum atomic E-state index is 12.7. The molecular weight excluding hydrogens is 326 g/mol. The Hall–Kier alpha value is -2.27. The van der Waals surface area contributed by atoms with E-state index in [4.69, 9.17) is 4.74 Å². The van der Waals surface area contributed by atoms with Gasteiger partial charge < -0.3 is 9.64 Å². The number of likely N-dealkylation sites (tertiary alicyclic amines) is 1. The maximum absolute atomic E-state index is 12.7. The Balaban J connectivity index is 1.45. The van der Waals surface area contributed by atoms with Crippen molar-refractivity contribution in [2.24, 2.45) is 11.8 Å². The highest BCUT2D eigenvalue weighted by Gasteiger charge is 2.34. The first-order chi connectivity index (χ1) is 12.8. The van der Waals surface area contributed by atoms with E-state index in [2.05, 4.69) is 34.2 Å². The predicted molar refractivity (Wildman–Crippen MR) is 98.7 cm³/mol. The van der Waals surface area contributed by atoms with Gasteiger partial charge in [0.05, 0.1) is 6.10 Å². The molecule has 2 aromatic rings. The zero-order chi connectivity index (χ0) is 17.8. The Kier molecular flexibility index (Phi) is 5.25. The van der Waals surface area contributed by atoms with Crippen molar-refractivity contribution in [3.8, 4) is 0 Å². The van der Waals surface area contributed by atoms with Crippen LogP contribution in [0.3, 0.4) is 0 Å². The molecule has 5 heteroatoms. The van der Waals surface area contributed by atoms with Crippen molar-refractivity contribution in [1.29, 1.82) is 0 Å². The number of rotatable bonds is 6. The van der Waals surface area contributed by atoms with Gasteiger partial charge in [0, 0.05) is 38.0 Å². The average molecular weight is 351 g/mol. The van der Waals surface area contributed by atoms with Crippen molar-refractivity contribution in [2.45, 2.75) is 31.8 Å². The molecule has 1 aliphatic carbocycles. The van der Waals surface area contributed by atoms with Gasteiger partial charge >= 0.3 is 0 Å². The molecule has 0 spiro atoms. The highest BCUT2D eigenvalue weighted by Crippen LogP contribution is 2.32. The van der Waals surface area contributed by atoms with Crippen LogP contribution in [-0.2, 0) is 11.2 Å². The van der Waals surface area contributed by atoms with Crippen molar-refractivity contribution >= 4 is 5.91 Å². The lowest BCUT2D eigenvalue weighted by Crippen LogP contribution is -2.48. The van der Waals surface area contributed by atoms with Crippen LogP contribution in [0, 0.1) is 11.8 Å². The third-order valence-corrected chi connectivity index (χ3v) is 5.29. The van der Waals surface area contributed by atoms with Crippen LogP contribution >= 0.6 is 0 Å². The molecule has 1 aromatic carbocycles. The van der Waals surface area contributed by atoms with E-state index in [0.29, 0.717) is 19.0 Å². The number of benzene rings is 1. The molecule has 5 nitrogen and oxygen atoms in total. The normalized spacial score (nSPS) is 23.0. The van der Waals surface area contributed by atoms with Gasteiger partial charge in [-0.15, -0.1) is 0 Å². The lowest BCUT2D eigenvalue weighted by atomic mass is 9.88. The standard InChI is InChI=1S/C21H25N3O2/c25-21(20-22-10-4-11-23-20)24-12-9-19(26-15-17-7-8-17)18(14-24)13-16-5-2-1-3-6-16/h1-6,10-11,17-19H,7-9,12-15H2/t18-,19+/m1/s1. The molecule has 1 aliphatic heterocycles. The van der Waals surface area contributed by atoms with Crippen LogP contribution in [0.1, 0.15) is 35.4 Å². The van der Waals surface area contributed by atoms with E-state index in [0.717, 1.165) is 25.4 Å². The van der Waals surface area contributed by atoms with E-state index in [-0.39, 0.29) is 17.8 Å². The average Bonchev–Trinajstić information content (AvgIpc) is 3.52. The van der Waals surface area contributed by atoms with Crippen LogP contribution in [0.15, 0.2) is 48.8 Å². The number of carbonyl (C=O) groups is 1. The van der Waals surface area contributed by atoms with Gasteiger partial charge in [-0.1, -0.05) is 30.3 Å². The fourth-order valence-corrected chi connectivity index (χ4v) is 3.62. The second kappa shape index (κ2) is 7.96. The largest absolute Gasteiger partial charge is 0.377 e. The molecule has 1 saturated carbocycles. The molecule has 2 atom stereocenters. The molecule has 1 amide bonds. The van der Waals surface area contributed by atoms with E-state index in [1.54, 1.807) is 18.5 Å². The molecule has 4 rings (SSSR count). The molecule has 0 radical (unpaired) electrons. The number of nitrogens with zero attached hydrogens (tertiary/aromatic N) is 3. The van der Waals surface area contributed by atoms with E-state index >= 15 is 0 Å². The summed E-state index contributed by atoms with van der Waals surface area (Å²) >= 11 is 0. The van der Waals surface area contributed by atoms with Crippen LogP contribution in [0.4, 0.5) is 0 Å². The summed E-state index contributed by atoms with van der Waals surface area (Å²) in [6, 6.07) is 12.2. The molecule has 1 saturated heterocycles. The zero-order valence-electron chi connectivity index (χ0n) is 15.0. The monoisotopic (exact) mass is 351 g/mol. The Morgan fingerprint density at radius 3 is 2.58 bits per heavy atom. The fourth-order valence-electron chi connectivity index (χ4n) is 3.62. The van der Waals surface area contributed by atoms with Crippen molar-refractivity contribution in [3.63, 3.8) is 0 Å². The van der Waals surface area contributed by atoms with Gasteiger partial charge in [-0.3, -0.25) is 4.79 Å². The number of hydrogen-bond acceptors (Lipinski definition) is 4. The lowest BCUT2D eigenvalue weighted by molar-refractivity contribution is -0.0328. The number of hydrogen-bond donors (Lipinski definition) is 0. The maximum Gasteiger partial charge on any atom is 0.291 e. The molecule has 0 unspecified atom stereocenters. The fraction of sp³-hybridized carbons (Fsp3) is 0.476. The molecule has 0 N–H and O–H groups in total. The molecule has 1 aromatic heterocycles. The summed E-state index contributed by atoms with van der Waals surface area (Å²) in [6.45, 7) is 2.27. The third kappa shape index (κ3) is 4.28. The van der Waals surface area contributed by atoms with Gasteiger partial charge in [0.15, 0.2) is 0 Å². The quantitative estimate of drug-likeness (QED) is 0.803. The smallest absolute Gasteiger partial charge is 0.291 e. The second-order valence-corrected chi connectivity index (χ2v) is 7.38. The van der Waals surface area contributed by atoms with E-state index in [1.165, 1.54) is 18.4 Å². The first-order valence-electron chi connectivity index (χ1n) is 9.51. The minimum Gasteiger partial charge on any atom is -0.377 e. The van der Waals surface area contributed by atoms with Crippen LogP contribution in [0.25, 0.3) is 0 Å². The van der Waals surface area contributed by atoms with Gasteiger partial charge in [0.2, 0.25) is 5.82 Å². The minimum atomic E-state index is -0.0793. The Morgan fingerprint density at radius 2 is 1.85 bits per heavy atom. The molecule has 2 heterocycles. The van der Waals surface area contributed by atoms with Crippen molar-refractivity contribution < 1.29 is 9.53 Å². The van der Waals surface area contributed by atoms with E-state index < -0.39 is 0 Å². The topological polar surface area (TPSA) is 55.3 Å². The van der Waals surface area contributed by atoms with Gasteiger partial charge in [-0.05, 0) is 43.2 Å². The Morgan fingerprint density at radius 1 is 1.08 bits per heavy atom.